The first-order chi connectivity index (χ1) is 11.7. The van der Waals surface area contributed by atoms with Gasteiger partial charge in [-0.15, -0.1) is 11.6 Å². The van der Waals surface area contributed by atoms with Crippen molar-refractivity contribution in [1.29, 1.82) is 0 Å². The highest BCUT2D eigenvalue weighted by atomic mass is 35.5. The van der Waals surface area contributed by atoms with Crippen LogP contribution in [0.15, 0.2) is 48.5 Å². The quantitative estimate of drug-likeness (QED) is 0.623. The molecule has 0 heterocycles. The summed E-state index contributed by atoms with van der Waals surface area (Å²) in [6.07, 6.45) is 0. The van der Waals surface area contributed by atoms with Crippen molar-refractivity contribution in [2.45, 2.75) is 32.2 Å². The number of hydrogen-bond acceptors (Lipinski definition) is 2. The molecule has 0 spiro atoms. The number of amides is 2. The molecule has 0 saturated carbocycles. The molecule has 0 aliphatic carbocycles. The lowest BCUT2D eigenvalue weighted by Crippen LogP contribution is -2.55. The van der Waals surface area contributed by atoms with Crippen LogP contribution in [0, 0.1) is 0 Å². The Morgan fingerprint density at radius 1 is 0.960 bits per heavy atom. The second kappa shape index (κ2) is 7.89. The lowest BCUT2D eigenvalue weighted by atomic mass is 10.1. The molecular weight excluding hydrogens is 359 g/mol. The van der Waals surface area contributed by atoms with Gasteiger partial charge in [-0.2, -0.15) is 0 Å². The van der Waals surface area contributed by atoms with E-state index in [0.717, 1.165) is 5.56 Å². The van der Waals surface area contributed by atoms with Crippen molar-refractivity contribution in [3.63, 3.8) is 0 Å². The maximum atomic E-state index is 12.9. The average molecular weight is 379 g/mol. The minimum atomic E-state index is -0.607. The third-order valence-corrected chi connectivity index (χ3v) is 4.11. The van der Waals surface area contributed by atoms with Gasteiger partial charge in [0.2, 0.25) is 0 Å². The van der Waals surface area contributed by atoms with E-state index in [1.807, 2.05) is 20.8 Å². The molecule has 0 aliphatic heterocycles. The number of hydrazine groups is 1. The Hall–Kier alpha value is -2.04. The largest absolute Gasteiger partial charge is 0.272 e. The van der Waals surface area contributed by atoms with Crippen LogP contribution in [0.3, 0.4) is 0 Å². The predicted molar refractivity (Wildman–Crippen MR) is 101 cm³/mol. The molecule has 2 aromatic rings. The van der Waals surface area contributed by atoms with E-state index in [9.17, 15) is 9.59 Å². The summed E-state index contributed by atoms with van der Waals surface area (Å²) < 4.78 is 0. The highest BCUT2D eigenvalue weighted by Gasteiger charge is 2.29. The Morgan fingerprint density at radius 2 is 1.48 bits per heavy atom. The van der Waals surface area contributed by atoms with Gasteiger partial charge in [-0.3, -0.25) is 15.0 Å². The van der Waals surface area contributed by atoms with Crippen molar-refractivity contribution in [3.05, 3.63) is 70.2 Å². The molecule has 0 unspecified atom stereocenters. The van der Waals surface area contributed by atoms with E-state index in [4.69, 9.17) is 23.2 Å². The minimum absolute atomic E-state index is 0.295. The number of halogens is 2. The van der Waals surface area contributed by atoms with Gasteiger partial charge in [0.15, 0.2) is 0 Å². The van der Waals surface area contributed by atoms with Gasteiger partial charge in [-0.1, -0.05) is 23.7 Å². The van der Waals surface area contributed by atoms with Crippen molar-refractivity contribution < 1.29 is 9.59 Å². The van der Waals surface area contributed by atoms with E-state index in [1.165, 1.54) is 5.01 Å². The van der Waals surface area contributed by atoms with E-state index in [2.05, 4.69) is 5.43 Å². The number of nitrogens with zero attached hydrogens (tertiary/aromatic N) is 1. The maximum absolute atomic E-state index is 12.9. The number of alkyl halides is 1. The fourth-order valence-electron chi connectivity index (χ4n) is 2.16. The van der Waals surface area contributed by atoms with Crippen LogP contribution < -0.4 is 5.43 Å². The van der Waals surface area contributed by atoms with Crippen LogP contribution in [0.2, 0.25) is 5.02 Å². The van der Waals surface area contributed by atoms with Crippen molar-refractivity contribution in [2.75, 3.05) is 0 Å². The van der Waals surface area contributed by atoms with Crippen LogP contribution in [-0.2, 0) is 5.88 Å². The Morgan fingerprint density at radius 3 is 1.96 bits per heavy atom. The zero-order chi connectivity index (χ0) is 18.6. The minimum Gasteiger partial charge on any atom is -0.267 e. The van der Waals surface area contributed by atoms with Crippen molar-refractivity contribution in [2.24, 2.45) is 0 Å². The number of hydrogen-bond donors (Lipinski definition) is 1. The van der Waals surface area contributed by atoms with Crippen LogP contribution in [0.25, 0.3) is 0 Å². The van der Waals surface area contributed by atoms with Crippen molar-refractivity contribution in [3.8, 4) is 0 Å². The number of carbonyl (C=O) groups is 2. The molecule has 0 radical (unpaired) electrons. The molecule has 0 aliphatic rings. The molecule has 1 N–H and O–H groups in total. The number of carbonyl (C=O) groups excluding carboxylic acids is 2. The molecule has 2 rings (SSSR count). The maximum Gasteiger partial charge on any atom is 0.272 e. The van der Waals surface area contributed by atoms with Crippen molar-refractivity contribution >= 4 is 35.0 Å². The summed E-state index contributed by atoms with van der Waals surface area (Å²) in [5, 5.41) is 1.87. The highest BCUT2D eigenvalue weighted by Crippen LogP contribution is 2.17. The number of rotatable bonds is 3. The second-order valence-electron chi connectivity index (χ2n) is 6.59. The molecule has 0 bridgehead atoms. The van der Waals surface area contributed by atoms with E-state index < -0.39 is 5.54 Å². The van der Waals surface area contributed by atoms with Crippen LogP contribution in [0.5, 0.6) is 0 Å². The molecule has 132 valence electrons. The normalized spacial score (nSPS) is 11.1. The van der Waals surface area contributed by atoms with Gasteiger partial charge < -0.3 is 0 Å². The smallest absolute Gasteiger partial charge is 0.267 e. The summed E-state index contributed by atoms with van der Waals surface area (Å²) in [7, 11) is 0. The topological polar surface area (TPSA) is 49.4 Å². The van der Waals surface area contributed by atoms with Gasteiger partial charge in [0.25, 0.3) is 11.8 Å². The third-order valence-electron chi connectivity index (χ3n) is 3.55. The zero-order valence-corrected chi connectivity index (χ0v) is 15.9. The molecular formula is C19H20Cl2N2O2. The third kappa shape index (κ3) is 4.97. The zero-order valence-electron chi connectivity index (χ0n) is 14.3. The van der Waals surface area contributed by atoms with E-state index in [0.29, 0.717) is 22.0 Å². The monoisotopic (exact) mass is 378 g/mol. The van der Waals surface area contributed by atoms with Gasteiger partial charge in [0.1, 0.15) is 0 Å². The van der Waals surface area contributed by atoms with Crippen LogP contribution >= 0.6 is 23.2 Å². The summed E-state index contributed by atoms with van der Waals surface area (Å²) in [5.74, 6) is -0.293. The fourth-order valence-corrected chi connectivity index (χ4v) is 2.46. The lowest BCUT2D eigenvalue weighted by Gasteiger charge is -2.35. The summed E-state index contributed by atoms with van der Waals surface area (Å²) in [6.45, 7) is 5.54. The standard InChI is InChI=1S/C19H20Cl2N2O2/c1-19(2,3)23(18(25)15-6-4-13(12-20)5-7-15)22-17(24)14-8-10-16(21)11-9-14/h4-11H,12H2,1-3H3,(H,22,24). The number of nitrogens with one attached hydrogen (secondary N) is 1. The molecule has 0 atom stereocenters. The Kier molecular flexibility index (Phi) is 6.09. The SMILES string of the molecule is CC(C)(C)N(NC(=O)c1ccc(Cl)cc1)C(=O)c1ccc(CCl)cc1. The van der Waals surface area contributed by atoms with Gasteiger partial charge >= 0.3 is 0 Å². The van der Waals surface area contributed by atoms with E-state index in [-0.39, 0.29) is 11.8 Å². The molecule has 2 aromatic carbocycles. The molecule has 0 saturated heterocycles. The molecule has 0 aromatic heterocycles. The molecule has 6 heteroatoms. The highest BCUT2D eigenvalue weighted by molar-refractivity contribution is 6.30. The molecule has 25 heavy (non-hydrogen) atoms. The van der Waals surface area contributed by atoms with Gasteiger partial charge in [-0.25, -0.2) is 5.01 Å². The van der Waals surface area contributed by atoms with Crippen LogP contribution in [0.1, 0.15) is 47.1 Å². The Bertz CT molecular complexity index is 750. The summed E-state index contributed by atoms with van der Waals surface area (Å²) in [5.41, 5.74) is 3.90. The second-order valence-corrected chi connectivity index (χ2v) is 7.29. The fraction of sp³-hybridized carbons (Fsp3) is 0.263. The van der Waals surface area contributed by atoms with Crippen LogP contribution in [0.4, 0.5) is 0 Å². The Balaban J connectivity index is 2.24. The van der Waals surface area contributed by atoms with E-state index >= 15 is 0 Å². The van der Waals surface area contributed by atoms with Gasteiger partial charge in [-0.05, 0) is 62.7 Å². The van der Waals surface area contributed by atoms with E-state index in [1.54, 1.807) is 48.5 Å². The molecule has 2 amide bonds. The number of benzene rings is 2. The predicted octanol–water partition coefficient (Wildman–Crippen LogP) is 4.66. The first-order valence-electron chi connectivity index (χ1n) is 7.78. The molecule has 0 fully saturated rings. The first kappa shape index (κ1) is 19.3. The summed E-state index contributed by atoms with van der Waals surface area (Å²) >= 11 is 11.6. The molecule has 4 nitrogen and oxygen atoms in total. The lowest BCUT2D eigenvalue weighted by molar-refractivity contribution is 0.0358. The Labute approximate surface area is 157 Å². The summed E-state index contributed by atoms with van der Waals surface area (Å²) in [4.78, 5) is 25.4. The van der Waals surface area contributed by atoms with Gasteiger partial charge in [0.05, 0.1) is 5.54 Å². The van der Waals surface area contributed by atoms with Gasteiger partial charge in [0, 0.05) is 22.0 Å². The average Bonchev–Trinajstić information content (AvgIpc) is 2.58. The first-order valence-corrected chi connectivity index (χ1v) is 8.69. The van der Waals surface area contributed by atoms with Crippen LogP contribution in [-0.4, -0.2) is 22.4 Å². The van der Waals surface area contributed by atoms with Crippen molar-refractivity contribution in [1.82, 2.24) is 10.4 Å². The summed E-state index contributed by atoms with van der Waals surface area (Å²) in [6, 6.07) is 13.5.